The molecule has 8 aromatic rings. The standard InChI is InChI=1S/2C24H29.C12H7Si.2ClH.Zr/c2*1-7-17-10-8-9-11-21(17)23-20(16(2)3)13-12-18-14-19(15-22(18)23)24(4,5)6;1-3-7-11-9(5-1)10-6-2-4-8-12(10)13-11;;;/h2*8-16H,7H2,1-6H3;1-7H;2*1H;/q3*-1;;;+2/p-2. The van der Waals surface area contributed by atoms with Gasteiger partial charge in [0, 0.05) is 0 Å². The van der Waals surface area contributed by atoms with Gasteiger partial charge in [0.1, 0.15) is 0 Å². The maximum absolute atomic E-state index is 4.93. The molecular weight excluding hydrogens is 911 g/mol. The van der Waals surface area contributed by atoms with Gasteiger partial charge in [-0.1, -0.05) is 189 Å². The molecule has 4 heteroatoms. The maximum Gasteiger partial charge on any atom is 0.0920 e. The summed E-state index contributed by atoms with van der Waals surface area (Å²) < 4.78 is 0. The second kappa shape index (κ2) is 21.7. The third kappa shape index (κ3) is 11.2. The molecular formula is C60H65Cl2SiZr-3. The van der Waals surface area contributed by atoms with E-state index in [1.165, 1.54) is 98.7 Å². The average molecular weight is 976 g/mol. The van der Waals surface area contributed by atoms with Crippen molar-refractivity contribution < 1.29 is 20.8 Å². The number of hydrogen-bond acceptors (Lipinski definition) is 0. The van der Waals surface area contributed by atoms with E-state index in [2.05, 4.69) is 223 Å². The monoisotopic (exact) mass is 973 g/mol. The topological polar surface area (TPSA) is 0 Å². The Hall–Kier alpha value is -3.78. The van der Waals surface area contributed by atoms with E-state index in [0.717, 1.165) is 22.4 Å². The molecule has 0 aliphatic carbocycles. The minimum Gasteiger partial charge on any atom is -0.184 e. The summed E-state index contributed by atoms with van der Waals surface area (Å²) in [6.07, 6.45) is 2.13. The van der Waals surface area contributed by atoms with Crippen molar-refractivity contribution in [2.45, 2.75) is 119 Å². The predicted octanol–water partition coefficient (Wildman–Crippen LogP) is 16.9. The molecule has 2 radical (unpaired) electrons. The molecule has 0 spiro atoms. The zero-order valence-corrected chi connectivity index (χ0v) is 45.1. The van der Waals surface area contributed by atoms with Gasteiger partial charge < -0.3 is 0 Å². The zero-order valence-electron chi connectivity index (χ0n) is 40.1. The van der Waals surface area contributed by atoms with E-state index in [0.29, 0.717) is 11.8 Å². The first-order valence-electron chi connectivity index (χ1n) is 23.0. The van der Waals surface area contributed by atoms with Gasteiger partial charge >= 0.3 is 37.9 Å². The van der Waals surface area contributed by atoms with E-state index < -0.39 is 20.8 Å². The fraction of sp³-hybridized carbons (Fsp3) is 0.300. The molecule has 0 fully saturated rings. The van der Waals surface area contributed by atoms with Crippen molar-refractivity contribution in [2.75, 3.05) is 0 Å². The summed E-state index contributed by atoms with van der Waals surface area (Å²) in [4.78, 5) is 0. The zero-order chi connectivity index (χ0) is 46.3. The maximum atomic E-state index is 4.93. The fourth-order valence-corrected chi connectivity index (χ4v) is 10.2. The van der Waals surface area contributed by atoms with Crippen LogP contribution >= 0.6 is 17.0 Å². The third-order valence-electron chi connectivity index (χ3n) is 12.5. The molecule has 1 heterocycles. The van der Waals surface area contributed by atoms with Crippen LogP contribution in [0.15, 0.2) is 140 Å². The van der Waals surface area contributed by atoms with E-state index in [-0.39, 0.29) is 10.8 Å². The molecule has 8 aromatic carbocycles. The molecule has 0 amide bonds. The summed E-state index contributed by atoms with van der Waals surface area (Å²) in [5.74, 6) is 1.03. The minimum atomic E-state index is -0.826. The second-order valence-corrected chi connectivity index (χ2v) is 24.6. The summed E-state index contributed by atoms with van der Waals surface area (Å²) in [6, 6.07) is 54.8. The second-order valence-electron chi connectivity index (χ2n) is 19.6. The molecule has 0 N–H and O–H groups in total. The van der Waals surface area contributed by atoms with Crippen LogP contribution < -0.4 is 10.4 Å². The summed E-state index contributed by atoms with van der Waals surface area (Å²) in [5, 5.41) is 8.37. The van der Waals surface area contributed by atoms with Crippen molar-refractivity contribution in [3.63, 3.8) is 0 Å². The van der Waals surface area contributed by atoms with Crippen LogP contribution in [0.3, 0.4) is 0 Å². The SMILES string of the molecule is CCc1ccccc1-c1c(C(C)C)ccc2[cH-]c(C(C)(C)C)cc12.CCc1ccccc1-c1c(C(C)C)ccc2[cH-]c(C(C)(C)C)cc12.[Cl][Zr][Cl].[c-]1cccc2c1[Si]c1ccccc1-2. The predicted molar refractivity (Wildman–Crippen MR) is 282 cm³/mol. The number of fused-ring (bicyclic) bond motifs is 5. The summed E-state index contributed by atoms with van der Waals surface area (Å²) in [5.41, 5.74) is 17.4. The van der Waals surface area contributed by atoms with Crippen molar-refractivity contribution >= 4 is 58.5 Å². The smallest absolute Gasteiger partial charge is 0.0920 e. The molecule has 1 aliphatic heterocycles. The number of aryl methyl sites for hydroxylation is 2. The molecule has 0 aromatic heterocycles. The average Bonchev–Trinajstić information content (AvgIpc) is 4.02. The molecule has 330 valence electrons. The number of halogens is 2. The summed E-state index contributed by atoms with van der Waals surface area (Å²) >= 11 is -0.826. The Morgan fingerprint density at radius 3 is 1.38 bits per heavy atom. The van der Waals surface area contributed by atoms with E-state index in [1.807, 2.05) is 6.07 Å². The van der Waals surface area contributed by atoms with E-state index in [9.17, 15) is 0 Å². The van der Waals surface area contributed by atoms with Crippen molar-refractivity contribution in [1.29, 1.82) is 0 Å². The van der Waals surface area contributed by atoms with E-state index >= 15 is 0 Å². The van der Waals surface area contributed by atoms with Crippen LogP contribution in [0.2, 0.25) is 0 Å². The first-order chi connectivity index (χ1) is 30.5. The Morgan fingerprint density at radius 2 is 0.953 bits per heavy atom. The van der Waals surface area contributed by atoms with Crippen molar-refractivity contribution in [2.24, 2.45) is 0 Å². The fourth-order valence-electron chi connectivity index (χ4n) is 8.90. The first-order valence-corrected chi connectivity index (χ1v) is 30.3. The molecule has 0 bridgehead atoms. The van der Waals surface area contributed by atoms with Crippen molar-refractivity contribution in [1.82, 2.24) is 0 Å². The molecule has 0 atom stereocenters. The normalized spacial score (nSPS) is 11.9. The quantitative estimate of drug-likeness (QED) is 0.115. The number of rotatable bonds is 6. The Morgan fingerprint density at radius 1 is 0.547 bits per heavy atom. The van der Waals surface area contributed by atoms with Gasteiger partial charge in [-0.3, -0.25) is 0 Å². The minimum absolute atomic E-state index is 0.179. The van der Waals surface area contributed by atoms with E-state index in [4.69, 9.17) is 17.0 Å². The Labute approximate surface area is 407 Å². The van der Waals surface area contributed by atoms with Crippen LogP contribution in [-0.2, 0) is 44.5 Å². The summed E-state index contributed by atoms with van der Waals surface area (Å²) in [6.45, 7) is 27.5. The third-order valence-corrected chi connectivity index (χ3v) is 13.9. The number of hydrogen-bond donors (Lipinski definition) is 0. The van der Waals surface area contributed by atoms with Crippen LogP contribution in [0.4, 0.5) is 0 Å². The van der Waals surface area contributed by atoms with Crippen molar-refractivity contribution in [3.05, 3.63) is 179 Å². The van der Waals surface area contributed by atoms with Crippen molar-refractivity contribution in [3.8, 4) is 33.4 Å². The summed E-state index contributed by atoms with van der Waals surface area (Å²) in [7, 11) is 10.7. The molecule has 64 heavy (non-hydrogen) atoms. The van der Waals surface area contributed by atoms with Gasteiger partial charge in [-0.05, 0) is 57.8 Å². The van der Waals surface area contributed by atoms with Crippen LogP contribution in [0.5, 0.6) is 0 Å². The van der Waals surface area contributed by atoms with Gasteiger partial charge in [-0.2, -0.15) is 41.6 Å². The van der Waals surface area contributed by atoms with Gasteiger partial charge in [0.15, 0.2) is 0 Å². The van der Waals surface area contributed by atoms with E-state index in [1.54, 1.807) is 0 Å². The van der Waals surface area contributed by atoms with Gasteiger partial charge in [0.25, 0.3) is 0 Å². The molecule has 0 saturated carbocycles. The van der Waals surface area contributed by atoms with Gasteiger partial charge in [-0.15, -0.1) is 74.6 Å². The van der Waals surface area contributed by atoms with Crippen LogP contribution in [0, 0.1) is 6.07 Å². The molecule has 1 aliphatic rings. The molecule has 0 nitrogen and oxygen atoms in total. The Bertz CT molecular complexity index is 2610. The van der Waals surface area contributed by atoms with Crippen LogP contribution in [0.25, 0.3) is 54.9 Å². The van der Waals surface area contributed by atoms with Gasteiger partial charge in [0.05, 0.1) is 9.52 Å². The Kier molecular flexibility index (Phi) is 16.8. The number of benzene rings is 6. The van der Waals surface area contributed by atoms with Gasteiger partial charge in [-0.25, -0.2) is 0 Å². The van der Waals surface area contributed by atoms with Gasteiger partial charge in [0.2, 0.25) is 0 Å². The molecule has 0 unspecified atom stereocenters. The molecule has 9 rings (SSSR count). The largest absolute Gasteiger partial charge is 0.184 e. The van der Waals surface area contributed by atoms with Crippen LogP contribution in [0.1, 0.15) is 128 Å². The van der Waals surface area contributed by atoms with Crippen LogP contribution in [-0.4, -0.2) is 9.52 Å². The molecule has 0 saturated heterocycles. The first kappa shape index (κ1) is 49.6. The Balaban J connectivity index is 0.000000160.